The molecule has 0 aliphatic rings. The molecule has 28 heavy (non-hydrogen) atoms. The molecule has 0 heterocycles. The van der Waals surface area contributed by atoms with Gasteiger partial charge < -0.3 is 5.32 Å². The van der Waals surface area contributed by atoms with Crippen molar-refractivity contribution in [3.05, 3.63) is 95.6 Å². The van der Waals surface area contributed by atoms with Crippen LogP contribution < -0.4 is 9.62 Å². The molecule has 6 heteroatoms. The molecule has 0 radical (unpaired) electrons. The van der Waals surface area contributed by atoms with Crippen molar-refractivity contribution >= 4 is 21.6 Å². The summed E-state index contributed by atoms with van der Waals surface area (Å²) >= 11 is 0. The lowest BCUT2D eigenvalue weighted by molar-refractivity contribution is 0.0963. The fraction of sp³-hybridized carbons (Fsp3) is 0.136. The second kappa shape index (κ2) is 8.27. The van der Waals surface area contributed by atoms with Gasteiger partial charge in [-0.25, -0.2) is 8.42 Å². The molecule has 1 amide bonds. The second-order valence-electron chi connectivity index (χ2n) is 6.44. The van der Waals surface area contributed by atoms with Crippen LogP contribution in [0.4, 0.5) is 5.69 Å². The van der Waals surface area contributed by atoms with Crippen LogP contribution in [0.25, 0.3) is 0 Å². The summed E-state index contributed by atoms with van der Waals surface area (Å²) < 4.78 is 28.2. The quantitative estimate of drug-likeness (QED) is 0.692. The smallest absolute Gasteiger partial charge is 0.264 e. The van der Waals surface area contributed by atoms with Crippen molar-refractivity contribution < 1.29 is 13.2 Å². The van der Waals surface area contributed by atoms with Gasteiger partial charge in [0.2, 0.25) is 0 Å². The van der Waals surface area contributed by atoms with E-state index in [4.69, 9.17) is 0 Å². The number of nitrogens with zero attached hydrogens (tertiary/aromatic N) is 1. The summed E-state index contributed by atoms with van der Waals surface area (Å²) in [5.74, 6) is -0.260. The predicted molar refractivity (Wildman–Crippen MR) is 111 cm³/mol. The van der Waals surface area contributed by atoms with Gasteiger partial charge in [0, 0.05) is 12.6 Å². The van der Waals surface area contributed by atoms with Crippen LogP contribution in [0.15, 0.2) is 83.8 Å². The first-order valence-corrected chi connectivity index (χ1v) is 10.3. The van der Waals surface area contributed by atoms with Crippen molar-refractivity contribution in [2.24, 2.45) is 0 Å². The first-order valence-electron chi connectivity index (χ1n) is 8.87. The molecule has 5 nitrogen and oxygen atoms in total. The number of benzene rings is 3. The molecule has 1 N–H and O–H groups in total. The van der Waals surface area contributed by atoms with Crippen molar-refractivity contribution in [2.45, 2.75) is 18.4 Å². The number of sulfonamides is 1. The third-order valence-corrected chi connectivity index (χ3v) is 6.18. The summed E-state index contributed by atoms with van der Waals surface area (Å²) in [6, 6.07) is 22.8. The fourth-order valence-corrected chi connectivity index (χ4v) is 4.34. The Hall–Kier alpha value is -3.12. The Morgan fingerprint density at radius 1 is 0.929 bits per heavy atom. The van der Waals surface area contributed by atoms with Crippen LogP contribution in [0, 0.1) is 6.92 Å². The van der Waals surface area contributed by atoms with Crippen LogP contribution in [-0.2, 0) is 16.6 Å². The summed E-state index contributed by atoms with van der Waals surface area (Å²) in [4.78, 5) is 11.9. The Kier molecular flexibility index (Phi) is 5.80. The number of carbonyl (C=O) groups excluding carboxylic acids is 1. The van der Waals surface area contributed by atoms with Crippen LogP contribution in [0.2, 0.25) is 0 Å². The maximum atomic E-state index is 13.4. The lowest BCUT2D eigenvalue weighted by atomic mass is 10.2. The zero-order valence-corrected chi connectivity index (χ0v) is 16.6. The van der Waals surface area contributed by atoms with Crippen LogP contribution >= 0.6 is 0 Å². The van der Waals surface area contributed by atoms with E-state index < -0.39 is 10.0 Å². The molecule has 0 aromatic heterocycles. The monoisotopic (exact) mass is 394 g/mol. The Morgan fingerprint density at radius 2 is 1.61 bits per heavy atom. The topological polar surface area (TPSA) is 66.5 Å². The molecule has 0 saturated heterocycles. The molecule has 0 aliphatic carbocycles. The molecular weight excluding hydrogens is 372 g/mol. The number of anilines is 1. The maximum absolute atomic E-state index is 13.4. The molecule has 3 rings (SSSR count). The zero-order chi connectivity index (χ0) is 20.1. The molecule has 3 aromatic rings. The molecule has 0 aliphatic heterocycles. The van der Waals surface area contributed by atoms with Gasteiger partial charge in [0.05, 0.1) is 17.1 Å². The van der Waals surface area contributed by atoms with E-state index in [1.807, 2.05) is 55.5 Å². The molecule has 0 atom stereocenters. The SMILES string of the molecule is CNC(=O)c1ccc(S(=O)(=O)N(Cc2ccccc2)c2cccc(C)c2)cc1. The van der Waals surface area contributed by atoms with Crippen molar-refractivity contribution in [1.82, 2.24) is 5.32 Å². The zero-order valence-electron chi connectivity index (χ0n) is 15.8. The Labute approximate surface area is 165 Å². The lowest BCUT2D eigenvalue weighted by Crippen LogP contribution is -2.30. The highest BCUT2D eigenvalue weighted by atomic mass is 32.2. The van der Waals surface area contributed by atoms with Crippen LogP contribution in [0.3, 0.4) is 0 Å². The van der Waals surface area contributed by atoms with E-state index in [0.29, 0.717) is 11.3 Å². The number of hydrogen-bond acceptors (Lipinski definition) is 3. The van der Waals surface area contributed by atoms with E-state index in [-0.39, 0.29) is 17.3 Å². The molecule has 144 valence electrons. The largest absolute Gasteiger partial charge is 0.355 e. The predicted octanol–water partition coefficient (Wildman–Crippen LogP) is 3.75. The van der Waals surface area contributed by atoms with E-state index in [2.05, 4.69) is 5.32 Å². The number of nitrogens with one attached hydrogen (secondary N) is 1. The Balaban J connectivity index is 2.04. The van der Waals surface area contributed by atoms with Gasteiger partial charge in [-0.1, -0.05) is 42.5 Å². The third kappa shape index (κ3) is 4.23. The summed E-state index contributed by atoms with van der Waals surface area (Å²) in [6.45, 7) is 2.14. The normalized spacial score (nSPS) is 11.1. The molecular formula is C22H22N2O3S. The van der Waals surface area contributed by atoms with Gasteiger partial charge in [-0.2, -0.15) is 0 Å². The van der Waals surface area contributed by atoms with Gasteiger partial charge in [0.15, 0.2) is 0 Å². The summed E-state index contributed by atoms with van der Waals surface area (Å²) in [6.07, 6.45) is 0. The average molecular weight is 394 g/mol. The van der Waals surface area contributed by atoms with Crippen LogP contribution in [0.1, 0.15) is 21.5 Å². The Morgan fingerprint density at radius 3 is 2.21 bits per heavy atom. The minimum atomic E-state index is -3.82. The van der Waals surface area contributed by atoms with Crippen molar-refractivity contribution in [1.29, 1.82) is 0 Å². The van der Waals surface area contributed by atoms with Gasteiger partial charge in [-0.15, -0.1) is 0 Å². The van der Waals surface area contributed by atoms with Gasteiger partial charge in [0.25, 0.3) is 15.9 Å². The highest BCUT2D eigenvalue weighted by molar-refractivity contribution is 7.92. The minimum absolute atomic E-state index is 0.137. The lowest BCUT2D eigenvalue weighted by Gasteiger charge is -2.25. The fourth-order valence-electron chi connectivity index (χ4n) is 2.90. The summed E-state index contributed by atoms with van der Waals surface area (Å²) in [5, 5.41) is 2.53. The summed E-state index contributed by atoms with van der Waals surface area (Å²) in [7, 11) is -2.28. The van der Waals surface area contributed by atoms with Crippen LogP contribution in [0.5, 0.6) is 0 Å². The van der Waals surface area contributed by atoms with Gasteiger partial charge in [0.1, 0.15) is 0 Å². The van der Waals surface area contributed by atoms with E-state index >= 15 is 0 Å². The Bertz CT molecular complexity index is 1060. The molecule has 0 saturated carbocycles. The number of rotatable bonds is 6. The van der Waals surface area contributed by atoms with Gasteiger partial charge >= 0.3 is 0 Å². The van der Waals surface area contributed by atoms with Gasteiger partial charge in [-0.05, 0) is 54.4 Å². The van der Waals surface area contributed by atoms with Gasteiger partial charge in [-0.3, -0.25) is 9.10 Å². The molecule has 3 aromatic carbocycles. The second-order valence-corrected chi connectivity index (χ2v) is 8.30. The molecule has 0 fully saturated rings. The first-order chi connectivity index (χ1) is 13.4. The minimum Gasteiger partial charge on any atom is -0.355 e. The van der Waals surface area contributed by atoms with E-state index in [1.54, 1.807) is 6.07 Å². The summed E-state index contributed by atoms with van der Waals surface area (Å²) in [5.41, 5.74) is 2.86. The van der Waals surface area contributed by atoms with E-state index in [0.717, 1.165) is 11.1 Å². The molecule has 0 unspecified atom stereocenters. The third-order valence-electron chi connectivity index (χ3n) is 4.39. The number of amides is 1. The van der Waals surface area contributed by atoms with E-state index in [9.17, 15) is 13.2 Å². The highest BCUT2D eigenvalue weighted by Gasteiger charge is 2.25. The molecule has 0 bridgehead atoms. The standard InChI is InChI=1S/C22H22N2O3S/c1-17-7-6-10-20(15-17)24(16-18-8-4-3-5-9-18)28(26,27)21-13-11-19(12-14-21)22(25)23-2/h3-15H,16H2,1-2H3,(H,23,25). The first kappa shape index (κ1) is 19.6. The van der Waals surface area contributed by atoms with Crippen molar-refractivity contribution in [3.8, 4) is 0 Å². The number of hydrogen-bond donors (Lipinski definition) is 1. The van der Waals surface area contributed by atoms with Crippen molar-refractivity contribution in [2.75, 3.05) is 11.4 Å². The number of aryl methyl sites for hydroxylation is 1. The maximum Gasteiger partial charge on any atom is 0.264 e. The van der Waals surface area contributed by atoms with Crippen molar-refractivity contribution in [3.63, 3.8) is 0 Å². The van der Waals surface area contributed by atoms with Crippen LogP contribution in [-0.4, -0.2) is 21.4 Å². The average Bonchev–Trinajstić information content (AvgIpc) is 2.72. The molecule has 0 spiro atoms. The van der Waals surface area contributed by atoms with E-state index in [1.165, 1.54) is 35.6 Å². The number of carbonyl (C=O) groups is 1. The highest BCUT2D eigenvalue weighted by Crippen LogP contribution is 2.27.